The highest BCUT2D eigenvalue weighted by molar-refractivity contribution is 7.11. The van der Waals surface area contributed by atoms with Gasteiger partial charge in [-0.1, -0.05) is 0 Å². The summed E-state index contributed by atoms with van der Waals surface area (Å²) in [5.41, 5.74) is 2.40. The molecule has 3 nitrogen and oxygen atoms in total. The van der Waals surface area contributed by atoms with E-state index < -0.39 is 0 Å². The van der Waals surface area contributed by atoms with E-state index in [9.17, 15) is 0 Å². The number of hydrogen-bond donors (Lipinski definition) is 1. The summed E-state index contributed by atoms with van der Waals surface area (Å²) < 4.78 is 0. The standard InChI is InChI=1S/C13H17N3S/c1-9(12-4-6-14-7-5-12)15-8-13-10(2)16-11(3)17-13/h4-7,9,15H,8H2,1-3H3/t9-/m0/s1. The minimum atomic E-state index is 0.333. The first kappa shape index (κ1) is 12.2. The van der Waals surface area contributed by atoms with Crippen molar-refractivity contribution in [1.29, 1.82) is 0 Å². The maximum Gasteiger partial charge on any atom is 0.0900 e. The zero-order chi connectivity index (χ0) is 12.3. The van der Waals surface area contributed by atoms with E-state index in [2.05, 4.69) is 29.1 Å². The van der Waals surface area contributed by atoms with Gasteiger partial charge in [-0.2, -0.15) is 0 Å². The van der Waals surface area contributed by atoms with Gasteiger partial charge in [-0.15, -0.1) is 11.3 Å². The van der Waals surface area contributed by atoms with E-state index in [1.807, 2.05) is 31.5 Å². The molecular weight excluding hydrogens is 230 g/mol. The Balaban J connectivity index is 1.97. The van der Waals surface area contributed by atoms with Gasteiger partial charge < -0.3 is 5.32 Å². The number of thiazole rings is 1. The Morgan fingerprint density at radius 3 is 2.59 bits per heavy atom. The predicted molar refractivity (Wildman–Crippen MR) is 71.1 cm³/mol. The lowest BCUT2D eigenvalue weighted by Crippen LogP contribution is -2.17. The van der Waals surface area contributed by atoms with E-state index in [0.717, 1.165) is 17.2 Å². The Labute approximate surface area is 106 Å². The molecule has 2 heterocycles. The average Bonchev–Trinajstić information content (AvgIpc) is 2.66. The fraction of sp³-hybridized carbons (Fsp3) is 0.385. The van der Waals surface area contributed by atoms with Crippen molar-refractivity contribution in [1.82, 2.24) is 15.3 Å². The number of aryl methyl sites for hydroxylation is 2. The van der Waals surface area contributed by atoms with Crippen LogP contribution in [0.15, 0.2) is 24.5 Å². The van der Waals surface area contributed by atoms with Crippen LogP contribution in [0.2, 0.25) is 0 Å². The van der Waals surface area contributed by atoms with Gasteiger partial charge in [0.15, 0.2) is 0 Å². The quantitative estimate of drug-likeness (QED) is 0.902. The summed E-state index contributed by atoms with van der Waals surface area (Å²) in [6.45, 7) is 7.16. The molecule has 0 bridgehead atoms. The fourth-order valence-corrected chi connectivity index (χ4v) is 2.64. The summed E-state index contributed by atoms with van der Waals surface area (Å²) in [4.78, 5) is 9.78. The third kappa shape index (κ3) is 3.11. The minimum Gasteiger partial charge on any atom is -0.305 e. The molecule has 2 aromatic rings. The SMILES string of the molecule is Cc1nc(C)c(CN[C@@H](C)c2ccncc2)s1. The zero-order valence-electron chi connectivity index (χ0n) is 10.4. The molecule has 0 aliphatic heterocycles. The molecular formula is C13H17N3S. The van der Waals surface area contributed by atoms with Crippen molar-refractivity contribution < 1.29 is 0 Å². The molecule has 90 valence electrons. The first-order valence-corrected chi connectivity index (χ1v) is 6.54. The van der Waals surface area contributed by atoms with Crippen molar-refractivity contribution in [2.45, 2.75) is 33.4 Å². The molecule has 0 fully saturated rings. The lowest BCUT2D eigenvalue weighted by Gasteiger charge is -2.13. The number of nitrogens with zero attached hydrogens (tertiary/aromatic N) is 2. The van der Waals surface area contributed by atoms with E-state index in [1.54, 1.807) is 11.3 Å². The van der Waals surface area contributed by atoms with E-state index in [0.29, 0.717) is 6.04 Å². The van der Waals surface area contributed by atoms with Gasteiger partial charge in [0.2, 0.25) is 0 Å². The highest BCUT2D eigenvalue weighted by Crippen LogP contribution is 2.18. The van der Waals surface area contributed by atoms with Crippen LogP contribution in [0.25, 0.3) is 0 Å². The van der Waals surface area contributed by atoms with Gasteiger partial charge in [0, 0.05) is 29.9 Å². The summed E-state index contributed by atoms with van der Waals surface area (Å²) in [5, 5.41) is 4.65. The smallest absolute Gasteiger partial charge is 0.0900 e. The van der Waals surface area contributed by atoms with Crippen LogP contribution in [0.3, 0.4) is 0 Å². The fourth-order valence-electron chi connectivity index (χ4n) is 1.75. The Morgan fingerprint density at radius 1 is 1.29 bits per heavy atom. The number of rotatable bonds is 4. The maximum atomic E-state index is 4.43. The van der Waals surface area contributed by atoms with Gasteiger partial charge in [-0.25, -0.2) is 4.98 Å². The van der Waals surface area contributed by atoms with Crippen LogP contribution < -0.4 is 5.32 Å². The second kappa shape index (κ2) is 5.38. The number of aromatic nitrogens is 2. The van der Waals surface area contributed by atoms with Crippen LogP contribution in [0.4, 0.5) is 0 Å². The van der Waals surface area contributed by atoms with Gasteiger partial charge in [0.1, 0.15) is 0 Å². The monoisotopic (exact) mass is 247 g/mol. The maximum absolute atomic E-state index is 4.43. The molecule has 0 aliphatic carbocycles. The van der Waals surface area contributed by atoms with Crippen LogP contribution in [-0.4, -0.2) is 9.97 Å². The Kier molecular flexibility index (Phi) is 3.86. The van der Waals surface area contributed by atoms with Crippen molar-refractivity contribution in [2.24, 2.45) is 0 Å². The third-order valence-electron chi connectivity index (χ3n) is 2.77. The molecule has 0 saturated heterocycles. The Bertz CT molecular complexity index is 479. The van der Waals surface area contributed by atoms with Crippen LogP contribution >= 0.6 is 11.3 Å². The lowest BCUT2D eigenvalue weighted by atomic mass is 10.1. The molecule has 0 spiro atoms. The molecule has 0 saturated carbocycles. The Morgan fingerprint density at radius 2 is 2.00 bits per heavy atom. The van der Waals surface area contributed by atoms with E-state index in [4.69, 9.17) is 0 Å². The van der Waals surface area contributed by atoms with Crippen LogP contribution in [-0.2, 0) is 6.54 Å². The van der Waals surface area contributed by atoms with Gasteiger partial charge >= 0.3 is 0 Å². The van der Waals surface area contributed by atoms with E-state index in [1.165, 1.54) is 10.4 Å². The Hall–Kier alpha value is -1.26. The lowest BCUT2D eigenvalue weighted by molar-refractivity contribution is 0.576. The molecule has 0 unspecified atom stereocenters. The van der Waals surface area contributed by atoms with E-state index in [-0.39, 0.29) is 0 Å². The van der Waals surface area contributed by atoms with Gasteiger partial charge in [-0.3, -0.25) is 4.98 Å². The molecule has 0 aromatic carbocycles. The topological polar surface area (TPSA) is 37.8 Å². The molecule has 2 rings (SSSR count). The second-order valence-corrected chi connectivity index (χ2v) is 5.41. The van der Waals surface area contributed by atoms with Crippen molar-refractivity contribution in [3.63, 3.8) is 0 Å². The van der Waals surface area contributed by atoms with E-state index >= 15 is 0 Å². The number of nitrogens with one attached hydrogen (secondary N) is 1. The van der Waals surface area contributed by atoms with Gasteiger partial charge in [0.05, 0.1) is 10.7 Å². The second-order valence-electron chi connectivity index (χ2n) is 4.12. The number of pyridine rings is 1. The molecule has 17 heavy (non-hydrogen) atoms. The first-order chi connectivity index (χ1) is 8.16. The van der Waals surface area contributed by atoms with Crippen molar-refractivity contribution in [3.05, 3.63) is 45.7 Å². The highest BCUT2D eigenvalue weighted by atomic mass is 32.1. The highest BCUT2D eigenvalue weighted by Gasteiger charge is 2.08. The summed E-state index contributed by atoms with van der Waals surface area (Å²) >= 11 is 1.77. The van der Waals surface area contributed by atoms with Crippen LogP contribution in [0.1, 0.15) is 34.1 Å². The molecule has 0 radical (unpaired) electrons. The third-order valence-corrected chi connectivity index (χ3v) is 3.85. The summed E-state index contributed by atoms with van der Waals surface area (Å²) in [7, 11) is 0. The first-order valence-electron chi connectivity index (χ1n) is 5.73. The van der Waals surface area contributed by atoms with Crippen molar-refractivity contribution >= 4 is 11.3 Å². The summed E-state index contributed by atoms with van der Waals surface area (Å²) in [5.74, 6) is 0. The van der Waals surface area contributed by atoms with Gasteiger partial charge in [0.25, 0.3) is 0 Å². The molecule has 1 atom stereocenters. The molecule has 1 N–H and O–H groups in total. The zero-order valence-corrected chi connectivity index (χ0v) is 11.2. The summed E-state index contributed by atoms with van der Waals surface area (Å²) in [6.07, 6.45) is 3.66. The summed E-state index contributed by atoms with van der Waals surface area (Å²) in [6, 6.07) is 4.42. The minimum absolute atomic E-state index is 0.333. The van der Waals surface area contributed by atoms with Crippen molar-refractivity contribution in [3.8, 4) is 0 Å². The van der Waals surface area contributed by atoms with Crippen molar-refractivity contribution in [2.75, 3.05) is 0 Å². The predicted octanol–water partition coefficient (Wildman–Crippen LogP) is 3.01. The molecule has 0 aliphatic rings. The van der Waals surface area contributed by atoms with Gasteiger partial charge in [-0.05, 0) is 38.5 Å². The normalized spacial score (nSPS) is 12.6. The van der Waals surface area contributed by atoms with Crippen LogP contribution in [0.5, 0.6) is 0 Å². The molecule has 4 heteroatoms. The van der Waals surface area contributed by atoms with Crippen LogP contribution in [0, 0.1) is 13.8 Å². The largest absolute Gasteiger partial charge is 0.305 e. The molecule has 2 aromatic heterocycles. The molecule has 0 amide bonds. The average molecular weight is 247 g/mol. The number of hydrogen-bond acceptors (Lipinski definition) is 4.